The fourth-order valence-electron chi connectivity index (χ4n) is 6.89. The van der Waals surface area contributed by atoms with E-state index in [1.54, 1.807) is 0 Å². The van der Waals surface area contributed by atoms with Gasteiger partial charge in [-0.25, -0.2) is 0 Å². The van der Waals surface area contributed by atoms with E-state index in [4.69, 9.17) is 4.74 Å². The molecule has 0 heterocycles. The van der Waals surface area contributed by atoms with Crippen molar-refractivity contribution in [2.24, 2.45) is 0 Å². The van der Waals surface area contributed by atoms with Crippen molar-refractivity contribution < 1.29 is 24.5 Å². The van der Waals surface area contributed by atoms with Gasteiger partial charge in [0.2, 0.25) is 5.91 Å². The van der Waals surface area contributed by atoms with E-state index in [9.17, 15) is 19.8 Å². The van der Waals surface area contributed by atoms with Gasteiger partial charge in [-0.1, -0.05) is 191 Å². The topological polar surface area (TPSA) is 95.9 Å². The zero-order valence-corrected chi connectivity index (χ0v) is 37.5. The van der Waals surface area contributed by atoms with E-state index in [0.717, 1.165) is 83.5 Å². The van der Waals surface area contributed by atoms with Gasteiger partial charge >= 0.3 is 5.97 Å². The van der Waals surface area contributed by atoms with Gasteiger partial charge in [-0.05, 0) is 83.5 Å². The van der Waals surface area contributed by atoms with Gasteiger partial charge in [-0.3, -0.25) is 9.59 Å². The lowest BCUT2D eigenvalue weighted by atomic mass is 10.0. The van der Waals surface area contributed by atoms with Crippen LogP contribution in [0.4, 0.5) is 0 Å². The largest absolute Gasteiger partial charge is 0.462 e. The molecule has 57 heavy (non-hydrogen) atoms. The van der Waals surface area contributed by atoms with Crippen LogP contribution < -0.4 is 5.32 Å². The molecule has 0 spiro atoms. The molecule has 3 N–H and O–H groups in total. The Morgan fingerprint density at radius 3 is 1.47 bits per heavy atom. The highest BCUT2D eigenvalue weighted by molar-refractivity contribution is 5.77. The van der Waals surface area contributed by atoms with Crippen molar-refractivity contribution in [3.63, 3.8) is 0 Å². The van der Waals surface area contributed by atoms with Crippen molar-refractivity contribution in [1.82, 2.24) is 5.32 Å². The summed E-state index contributed by atoms with van der Waals surface area (Å²) in [6, 6.07) is -0.716. The third-order valence-electron chi connectivity index (χ3n) is 10.6. The summed E-state index contributed by atoms with van der Waals surface area (Å²) in [7, 11) is 0. The third-order valence-corrected chi connectivity index (χ3v) is 10.6. The Bertz CT molecular complexity index is 1030. The Labute approximate surface area is 352 Å². The van der Waals surface area contributed by atoms with E-state index in [-0.39, 0.29) is 24.9 Å². The van der Waals surface area contributed by atoms with Crippen molar-refractivity contribution in [3.05, 3.63) is 60.8 Å². The van der Waals surface area contributed by atoms with Crippen LogP contribution in [0.1, 0.15) is 226 Å². The number of aliphatic hydroxyl groups is 2. The monoisotopic (exact) mass is 798 g/mol. The van der Waals surface area contributed by atoms with Crippen LogP contribution >= 0.6 is 0 Å². The van der Waals surface area contributed by atoms with E-state index in [2.05, 4.69) is 86.8 Å². The summed E-state index contributed by atoms with van der Waals surface area (Å²) >= 11 is 0. The Hall–Kier alpha value is -2.44. The number of aliphatic hydroxyl groups excluding tert-OH is 2. The quantitative estimate of drug-likeness (QED) is 0.0325. The Balaban J connectivity index is 4.55. The summed E-state index contributed by atoms with van der Waals surface area (Å²) in [6.07, 6.45) is 54.3. The molecule has 330 valence electrons. The predicted molar refractivity (Wildman–Crippen MR) is 245 cm³/mol. The van der Waals surface area contributed by atoms with E-state index in [1.165, 1.54) is 89.9 Å². The predicted octanol–water partition coefficient (Wildman–Crippen LogP) is 14.1. The molecule has 0 bridgehead atoms. The van der Waals surface area contributed by atoms with E-state index < -0.39 is 18.2 Å². The molecule has 0 aromatic carbocycles. The molecule has 0 aliphatic rings. The van der Waals surface area contributed by atoms with Crippen LogP contribution in [0.3, 0.4) is 0 Å². The van der Waals surface area contributed by atoms with Gasteiger partial charge in [-0.2, -0.15) is 0 Å². The molecule has 1 amide bonds. The maximum Gasteiger partial charge on any atom is 0.306 e. The number of carbonyl (C=O) groups excluding carboxylic acids is 2. The number of amides is 1. The summed E-state index contributed by atoms with van der Waals surface area (Å²) in [5.41, 5.74) is 0. The van der Waals surface area contributed by atoms with Gasteiger partial charge in [0, 0.05) is 6.42 Å². The molecule has 3 unspecified atom stereocenters. The average molecular weight is 798 g/mol. The molecule has 6 heteroatoms. The van der Waals surface area contributed by atoms with Crippen LogP contribution in [0.2, 0.25) is 0 Å². The molecule has 0 radical (unpaired) electrons. The van der Waals surface area contributed by atoms with Gasteiger partial charge in [-0.15, -0.1) is 0 Å². The van der Waals surface area contributed by atoms with E-state index >= 15 is 0 Å². The smallest absolute Gasteiger partial charge is 0.306 e. The number of allylic oxidation sites excluding steroid dienone is 10. The lowest BCUT2D eigenvalue weighted by Gasteiger charge is -2.24. The zero-order chi connectivity index (χ0) is 41.7. The van der Waals surface area contributed by atoms with E-state index in [1.807, 2.05) is 0 Å². The Morgan fingerprint density at radius 1 is 0.509 bits per heavy atom. The van der Waals surface area contributed by atoms with Crippen LogP contribution in [0, 0.1) is 0 Å². The first-order chi connectivity index (χ1) is 28.0. The molecule has 0 rings (SSSR count). The molecule has 0 aromatic heterocycles. The van der Waals surface area contributed by atoms with Gasteiger partial charge in [0.1, 0.15) is 6.10 Å². The molecular formula is C51H91NO5. The van der Waals surface area contributed by atoms with Crippen molar-refractivity contribution in [1.29, 1.82) is 0 Å². The molecule has 0 aliphatic carbocycles. The second kappa shape index (κ2) is 44.7. The molecule has 0 saturated carbocycles. The fourth-order valence-corrected chi connectivity index (χ4v) is 6.89. The minimum absolute atomic E-state index is 0.0429. The Kier molecular flexibility index (Phi) is 42.7. The Morgan fingerprint density at radius 2 is 0.930 bits per heavy atom. The minimum Gasteiger partial charge on any atom is -0.462 e. The summed E-state index contributed by atoms with van der Waals surface area (Å²) < 4.78 is 5.85. The molecular weight excluding hydrogens is 707 g/mol. The molecule has 6 nitrogen and oxygen atoms in total. The molecule has 0 aromatic rings. The van der Waals surface area contributed by atoms with Gasteiger partial charge in [0.25, 0.3) is 0 Å². The first kappa shape index (κ1) is 54.6. The number of unbranched alkanes of at least 4 members (excludes halogenated alkanes) is 20. The SMILES string of the molecule is CCC/C=C\CCCCCC(CC(=O)NC(CO)C(O)CCCCCCCCCCCCCCC)OC(=O)CCC/C=C\C/C=C\C/C=C\C/C=C\CCCCC. The lowest BCUT2D eigenvalue weighted by Crippen LogP contribution is -2.46. The first-order valence-electron chi connectivity index (χ1n) is 24.0. The average Bonchev–Trinajstić information content (AvgIpc) is 3.20. The summed E-state index contributed by atoms with van der Waals surface area (Å²) in [5.74, 6) is -0.563. The number of hydrogen-bond acceptors (Lipinski definition) is 5. The van der Waals surface area contributed by atoms with Crippen LogP contribution in [0.15, 0.2) is 60.8 Å². The van der Waals surface area contributed by atoms with Crippen molar-refractivity contribution in [2.45, 2.75) is 244 Å². The highest BCUT2D eigenvalue weighted by Crippen LogP contribution is 2.17. The number of ether oxygens (including phenoxy) is 1. The molecule has 0 saturated heterocycles. The molecule has 0 fully saturated rings. The standard InChI is InChI=1S/C51H91NO5/c1-4-7-10-13-16-19-21-23-24-25-26-28-30-32-35-38-41-44-51(56)57-47(42-39-36-33-18-15-12-9-6-3)45-50(55)52-48(46-53)49(54)43-40-37-34-31-29-27-22-20-17-14-11-8-5-2/h12,15-16,19,23-24,26,28,32,35,47-49,53-54H,4-11,13-14,17-18,20-22,25,27,29-31,33-34,36-46H2,1-3H3,(H,52,55)/b15-12-,19-16-,24-23-,28-26-,35-32-. The number of nitrogens with one attached hydrogen (secondary N) is 1. The van der Waals surface area contributed by atoms with Crippen molar-refractivity contribution in [2.75, 3.05) is 6.61 Å². The van der Waals surface area contributed by atoms with E-state index in [0.29, 0.717) is 25.7 Å². The zero-order valence-electron chi connectivity index (χ0n) is 37.5. The number of rotatable bonds is 42. The normalized spacial score (nSPS) is 13.8. The highest BCUT2D eigenvalue weighted by atomic mass is 16.5. The molecule has 3 atom stereocenters. The summed E-state index contributed by atoms with van der Waals surface area (Å²) in [4.78, 5) is 25.9. The van der Waals surface area contributed by atoms with Crippen molar-refractivity contribution in [3.8, 4) is 0 Å². The van der Waals surface area contributed by atoms with Crippen LogP contribution in [0.5, 0.6) is 0 Å². The van der Waals surface area contributed by atoms with Crippen molar-refractivity contribution >= 4 is 11.9 Å². The fraction of sp³-hybridized carbons (Fsp3) is 0.765. The van der Waals surface area contributed by atoms with Gasteiger partial charge < -0.3 is 20.3 Å². The third kappa shape index (κ3) is 40.1. The highest BCUT2D eigenvalue weighted by Gasteiger charge is 2.24. The van der Waals surface area contributed by atoms with Crippen LogP contribution in [-0.4, -0.2) is 46.9 Å². The number of hydrogen-bond donors (Lipinski definition) is 3. The first-order valence-corrected chi connectivity index (χ1v) is 24.0. The van der Waals surface area contributed by atoms with Crippen LogP contribution in [0.25, 0.3) is 0 Å². The maximum atomic E-state index is 13.1. The molecule has 0 aliphatic heterocycles. The summed E-state index contributed by atoms with van der Waals surface area (Å²) in [6.45, 7) is 6.35. The van der Waals surface area contributed by atoms with Crippen LogP contribution in [-0.2, 0) is 14.3 Å². The minimum atomic E-state index is -0.800. The lowest BCUT2D eigenvalue weighted by molar-refractivity contribution is -0.151. The second-order valence-electron chi connectivity index (χ2n) is 16.2. The number of carbonyl (C=O) groups is 2. The second-order valence-corrected chi connectivity index (χ2v) is 16.2. The summed E-state index contributed by atoms with van der Waals surface area (Å²) in [5, 5.41) is 23.6. The van der Waals surface area contributed by atoms with Gasteiger partial charge in [0.05, 0.1) is 25.2 Å². The number of esters is 1. The van der Waals surface area contributed by atoms with Gasteiger partial charge in [0.15, 0.2) is 0 Å². The maximum absolute atomic E-state index is 13.1.